The SMILES string of the molecule is CCCC1O[C@@H]2C[C@H]3[C@@H]4CCC5=CC(=O)C=C[C@]5(C)[C@H]4[C@@H](O)C[C@]3(C)[C@]2(C(=O)COC(=O)/C=C/c2cccnc2)O1. The second-order valence-corrected chi connectivity index (χ2v) is 12.8. The monoisotopic (exact) mass is 561 g/mol. The molecule has 5 aliphatic rings. The summed E-state index contributed by atoms with van der Waals surface area (Å²) >= 11 is 0. The first kappa shape index (κ1) is 28.2. The van der Waals surface area contributed by atoms with Crippen molar-refractivity contribution in [2.24, 2.45) is 28.6 Å². The number of rotatable bonds is 7. The van der Waals surface area contributed by atoms with Crippen LogP contribution in [0.15, 0.2) is 54.4 Å². The minimum atomic E-state index is -1.31. The molecule has 1 saturated heterocycles. The average Bonchev–Trinajstić information content (AvgIpc) is 3.43. The van der Waals surface area contributed by atoms with Gasteiger partial charge in [0.15, 0.2) is 24.3 Å². The standard InChI is InChI=1S/C33H39NO7/c1-4-6-29-40-27-16-24-23-10-9-21-15-22(35)12-13-31(21,2)30(23)25(36)17-32(24,3)33(27,41-29)26(37)19-39-28(38)11-8-20-7-5-14-34-18-20/h5,7-8,11-15,18,23-25,27,29-30,36H,4,6,9-10,16-17,19H2,1-3H3/b11-8+/t23-,24-,25-,27+,29?,30+,31-,32-,33+/m0/s1. The Labute approximate surface area is 240 Å². The molecular weight excluding hydrogens is 522 g/mol. The van der Waals surface area contributed by atoms with Gasteiger partial charge in [-0.3, -0.25) is 14.6 Å². The molecule has 218 valence electrons. The number of aromatic nitrogens is 1. The third-order valence-electron chi connectivity index (χ3n) is 10.7. The van der Waals surface area contributed by atoms with Crippen LogP contribution in [-0.4, -0.2) is 58.3 Å². The number of nitrogens with zero attached hydrogens (tertiary/aromatic N) is 1. The number of hydrogen-bond donors (Lipinski definition) is 1. The van der Waals surface area contributed by atoms with Gasteiger partial charge >= 0.3 is 5.97 Å². The highest BCUT2D eigenvalue weighted by Gasteiger charge is 2.75. The molecule has 41 heavy (non-hydrogen) atoms. The lowest BCUT2D eigenvalue weighted by Crippen LogP contribution is -2.63. The van der Waals surface area contributed by atoms with Gasteiger partial charge in [0.1, 0.15) is 0 Å². The Balaban J connectivity index is 1.27. The van der Waals surface area contributed by atoms with Gasteiger partial charge in [0.25, 0.3) is 0 Å². The topological polar surface area (TPSA) is 112 Å². The summed E-state index contributed by atoms with van der Waals surface area (Å²) in [4.78, 5) is 42.9. The molecule has 9 atom stereocenters. The van der Waals surface area contributed by atoms with E-state index < -0.39 is 47.5 Å². The minimum Gasteiger partial charge on any atom is -0.454 e. The van der Waals surface area contributed by atoms with E-state index in [0.29, 0.717) is 19.3 Å². The van der Waals surface area contributed by atoms with E-state index in [-0.39, 0.29) is 29.3 Å². The fourth-order valence-electron chi connectivity index (χ4n) is 8.94. The van der Waals surface area contributed by atoms with Crippen molar-refractivity contribution in [1.82, 2.24) is 4.98 Å². The Kier molecular flexibility index (Phi) is 7.15. The molecule has 3 saturated carbocycles. The third kappa shape index (κ3) is 4.37. The highest BCUT2D eigenvalue weighted by Crippen LogP contribution is 2.69. The molecule has 6 rings (SSSR count). The van der Waals surface area contributed by atoms with Gasteiger partial charge in [-0.1, -0.05) is 44.9 Å². The number of pyridine rings is 1. The first-order chi connectivity index (χ1) is 19.6. The number of carbonyl (C=O) groups excluding carboxylic acids is 3. The summed E-state index contributed by atoms with van der Waals surface area (Å²) in [5.74, 6) is -0.817. The second kappa shape index (κ2) is 10.4. The molecule has 4 fully saturated rings. The van der Waals surface area contributed by atoms with Crippen LogP contribution in [0.25, 0.3) is 6.08 Å². The smallest absolute Gasteiger partial charge is 0.331 e. The lowest BCUT2D eigenvalue weighted by molar-refractivity contribution is -0.201. The second-order valence-electron chi connectivity index (χ2n) is 12.8. The molecule has 4 aliphatic carbocycles. The van der Waals surface area contributed by atoms with Gasteiger partial charge < -0.3 is 19.3 Å². The lowest BCUT2D eigenvalue weighted by Gasteiger charge is -2.59. The molecule has 0 amide bonds. The van der Waals surface area contributed by atoms with Gasteiger partial charge in [-0.15, -0.1) is 0 Å². The van der Waals surface area contributed by atoms with E-state index >= 15 is 0 Å². The minimum absolute atomic E-state index is 0.000367. The number of fused-ring (bicyclic) bond motifs is 7. The number of Topliss-reactive ketones (excluding diaryl/α,β-unsaturated/α-hetero) is 1. The first-order valence-corrected chi connectivity index (χ1v) is 14.9. The molecule has 2 heterocycles. The molecule has 1 unspecified atom stereocenters. The fourth-order valence-corrected chi connectivity index (χ4v) is 8.94. The summed E-state index contributed by atoms with van der Waals surface area (Å²) in [6.07, 6.45) is 13.9. The summed E-state index contributed by atoms with van der Waals surface area (Å²) in [7, 11) is 0. The van der Waals surface area contributed by atoms with Crippen LogP contribution in [0.5, 0.6) is 0 Å². The van der Waals surface area contributed by atoms with Crippen molar-refractivity contribution in [2.75, 3.05) is 6.61 Å². The fraction of sp³-hybridized carbons (Fsp3) is 0.576. The number of aliphatic hydroxyl groups excluding tert-OH is 1. The van der Waals surface area contributed by atoms with E-state index in [1.54, 1.807) is 36.7 Å². The Bertz CT molecular complexity index is 1320. The van der Waals surface area contributed by atoms with Crippen molar-refractivity contribution in [3.8, 4) is 0 Å². The zero-order chi connectivity index (χ0) is 29.0. The van der Waals surface area contributed by atoms with Crippen LogP contribution in [0.4, 0.5) is 0 Å². The molecule has 0 bridgehead atoms. The van der Waals surface area contributed by atoms with Crippen LogP contribution in [0, 0.1) is 28.6 Å². The number of carbonyl (C=O) groups is 3. The molecule has 0 radical (unpaired) electrons. The number of hydrogen-bond acceptors (Lipinski definition) is 8. The Hall–Kier alpha value is -2.94. The van der Waals surface area contributed by atoms with Gasteiger partial charge in [-0.2, -0.15) is 0 Å². The number of ether oxygens (including phenoxy) is 3. The van der Waals surface area contributed by atoms with Crippen molar-refractivity contribution in [1.29, 1.82) is 0 Å². The quantitative estimate of drug-likeness (QED) is 0.386. The van der Waals surface area contributed by atoms with E-state index in [1.807, 2.05) is 19.1 Å². The zero-order valence-electron chi connectivity index (χ0n) is 24.0. The summed E-state index contributed by atoms with van der Waals surface area (Å²) in [6, 6.07) is 3.59. The highest BCUT2D eigenvalue weighted by molar-refractivity contribution is 6.01. The molecule has 0 spiro atoms. The molecule has 8 heteroatoms. The summed E-state index contributed by atoms with van der Waals surface area (Å²) in [5, 5.41) is 11.8. The molecule has 1 aromatic heterocycles. The normalized spacial score (nSPS) is 40.9. The largest absolute Gasteiger partial charge is 0.454 e. The van der Waals surface area contributed by atoms with Crippen molar-refractivity contribution in [3.05, 3.63) is 60.0 Å². The van der Waals surface area contributed by atoms with E-state index in [9.17, 15) is 19.5 Å². The molecular formula is C33H39NO7. The van der Waals surface area contributed by atoms with E-state index in [4.69, 9.17) is 14.2 Å². The van der Waals surface area contributed by atoms with Gasteiger partial charge in [0, 0.05) is 35.2 Å². The maximum atomic E-state index is 14.2. The maximum absolute atomic E-state index is 14.2. The zero-order valence-corrected chi connectivity index (χ0v) is 24.0. The third-order valence-corrected chi connectivity index (χ3v) is 10.7. The molecule has 1 aliphatic heterocycles. The number of aliphatic hydroxyl groups is 1. The maximum Gasteiger partial charge on any atom is 0.331 e. The van der Waals surface area contributed by atoms with Crippen molar-refractivity contribution in [2.45, 2.75) is 83.4 Å². The summed E-state index contributed by atoms with van der Waals surface area (Å²) in [6.45, 7) is 5.80. The Morgan fingerprint density at radius 3 is 2.88 bits per heavy atom. The lowest BCUT2D eigenvalue weighted by atomic mass is 9.46. The summed E-state index contributed by atoms with van der Waals surface area (Å²) in [5.41, 5.74) is -0.597. The molecule has 8 nitrogen and oxygen atoms in total. The predicted octanol–water partition coefficient (Wildman–Crippen LogP) is 4.38. The van der Waals surface area contributed by atoms with E-state index in [2.05, 4.69) is 18.8 Å². The Morgan fingerprint density at radius 2 is 2.12 bits per heavy atom. The van der Waals surface area contributed by atoms with Gasteiger partial charge in [0.2, 0.25) is 5.78 Å². The summed E-state index contributed by atoms with van der Waals surface area (Å²) < 4.78 is 18.5. The van der Waals surface area contributed by atoms with E-state index in [1.165, 1.54) is 6.08 Å². The van der Waals surface area contributed by atoms with Crippen LogP contribution in [0.2, 0.25) is 0 Å². The van der Waals surface area contributed by atoms with Gasteiger partial charge in [-0.05, 0) is 73.8 Å². The number of esters is 1. The van der Waals surface area contributed by atoms with Crippen LogP contribution in [0.3, 0.4) is 0 Å². The van der Waals surface area contributed by atoms with E-state index in [0.717, 1.165) is 30.4 Å². The van der Waals surface area contributed by atoms with Gasteiger partial charge in [0.05, 0.1) is 12.2 Å². The number of ketones is 2. The van der Waals surface area contributed by atoms with Crippen molar-refractivity contribution < 1.29 is 33.7 Å². The number of allylic oxidation sites excluding steroid dienone is 4. The van der Waals surface area contributed by atoms with Crippen LogP contribution >= 0.6 is 0 Å². The van der Waals surface area contributed by atoms with Crippen LogP contribution in [-0.2, 0) is 28.6 Å². The van der Waals surface area contributed by atoms with Crippen LogP contribution < -0.4 is 0 Å². The predicted molar refractivity (Wildman–Crippen MR) is 150 cm³/mol. The van der Waals surface area contributed by atoms with Crippen LogP contribution in [0.1, 0.15) is 64.9 Å². The molecule has 1 N–H and O–H groups in total. The first-order valence-electron chi connectivity index (χ1n) is 14.9. The Morgan fingerprint density at radius 1 is 1.29 bits per heavy atom. The highest BCUT2D eigenvalue weighted by atomic mass is 16.7. The van der Waals surface area contributed by atoms with Gasteiger partial charge in [-0.25, -0.2) is 4.79 Å². The molecule has 1 aromatic rings. The van der Waals surface area contributed by atoms with Crippen molar-refractivity contribution in [3.63, 3.8) is 0 Å². The average molecular weight is 562 g/mol. The van der Waals surface area contributed by atoms with Crippen molar-refractivity contribution >= 4 is 23.6 Å². The molecule has 0 aromatic carbocycles.